The molecule has 44 valence electrons. The third-order valence-electron chi connectivity index (χ3n) is 0.589. The van der Waals surface area contributed by atoms with Crippen LogP contribution in [0.5, 0.6) is 0 Å². The first-order valence-corrected chi connectivity index (χ1v) is 1.81. The summed E-state index contributed by atoms with van der Waals surface area (Å²) in [6.07, 6.45) is 1.04. The third kappa shape index (κ3) is 2.50. The van der Waals surface area contributed by atoms with Crippen molar-refractivity contribution in [1.29, 1.82) is 0 Å². The van der Waals surface area contributed by atoms with E-state index < -0.39 is 4.92 Å². The van der Waals surface area contributed by atoms with Crippen LogP contribution >= 0.6 is 0 Å². The normalized spacial score (nSPS) is 8.00. The van der Waals surface area contributed by atoms with Crippen LogP contribution in [0.25, 0.3) is 0 Å². The number of nitrogens with one attached hydrogen (secondary N) is 1. The zero-order valence-electron chi connectivity index (χ0n) is 5.74. The number of aromatic amines is 1. The Morgan fingerprint density at radius 2 is 2.56 bits per heavy atom. The van der Waals surface area contributed by atoms with E-state index in [4.69, 9.17) is 0 Å². The molecule has 0 unspecified atom stereocenters. The number of H-pyrrole nitrogens is 1. The summed E-state index contributed by atoms with van der Waals surface area (Å²) < 4.78 is 0. The number of hydrogen-bond donors (Lipinski definition) is 1. The molecular formula is C2H3KN4O2. The van der Waals surface area contributed by atoms with Gasteiger partial charge in [-0.3, -0.25) is 0 Å². The summed E-state index contributed by atoms with van der Waals surface area (Å²) in [6.45, 7) is 0. The van der Waals surface area contributed by atoms with E-state index in [2.05, 4.69) is 15.4 Å². The van der Waals surface area contributed by atoms with Crippen LogP contribution in [0.4, 0.5) is 5.82 Å². The predicted molar refractivity (Wildman–Crippen MR) is 24.1 cm³/mol. The fraction of sp³-hybridized carbons (Fsp3) is 0. The molecule has 0 saturated heterocycles. The monoisotopic (exact) mass is 154 g/mol. The topological polar surface area (TPSA) is 84.7 Å². The number of aromatic nitrogens is 3. The molecule has 1 aromatic heterocycles. The molecule has 0 fully saturated rings. The predicted octanol–water partition coefficient (Wildman–Crippen LogP) is -3.17. The van der Waals surface area contributed by atoms with Gasteiger partial charge in [0.2, 0.25) is 0 Å². The van der Waals surface area contributed by atoms with Crippen molar-refractivity contribution in [2.45, 2.75) is 0 Å². The second kappa shape index (κ2) is 4.07. The molecule has 0 aliphatic heterocycles. The molecule has 1 rings (SSSR count). The average Bonchev–Trinajstić information content (AvgIpc) is 2.12. The number of rotatable bonds is 1. The number of hydrogen-bond acceptors (Lipinski definition) is 4. The Hall–Kier alpha value is 0.176. The van der Waals surface area contributed by atoms with Gasteiger partial charge in [-0.1, -0.05) is 0 Å². The molecule has 0 aromatic carbocycles. The van der Waals surface area contributed by atoms with Crippen molar-refractivity contribution in [2.24, 2.45) is 0 Å². The SMILES string of the molecule is O=[N+]([O-])c1cn[nH]n1.[H-].[K+]. The van der Waals surface area contributed by atoms with E-state index in [0.29, 0.717) is 0 Å². The summed E-state index contributed by atoms with van der Waals surface area (Å²) in [5.74, 6) is -0.259. The van der Waals surface area contributed by atoms with Crippen molar-refractivity contribution in [1.82, 2.24) is 15.4 Å². The Morgan fingerprint density at radius 1 is 1.89 bits per heavy atom. The van der Waals surface area contributed by atoms with Gasteiger partial charge in [0.1, 0.15) is 0 Å². The van der Waals surface area contributed by atoms with Crippen LogP contribution in [0.3, 0.4) is 0 Å². The molecule has 1 heterocycles. The zero-order chi connectivity index (χ0) is 5.98. The summed E-state index contributed by atoms with van der Waals surface area (Å²) in [7, 11) is 0. The first kappa shape index (κ1) is 9.18. The standard InChI is InChI=1S/C2H2N4O2.K.H/c7-6(8)2-1-3-5-4-2;;/h1H,(H,3,4,5);;/q;+1;-1. The minimum Gasteiger partial charge on any atom is -1.00 e. The molecule has 6 nitrogen and oxygen atoms in total. The summed E-state index contributed by atoms with van der Waals surface area (Å²) >= 11 is 0. The number of nitrogens with zero attached hydrogens (tertiary/aromatic N) is 3. The summed E-state index contributed by atoms with van der Waals surface area (Å²) in [6, 6.07) is 0. The summed E-state index contributed by atoms with van der Waals surface area (Å²) in [5, 5.41) is 18.3. The van der Waals surface area contributed by atoms with Crippen LogP contribution in [0.1, 0.15) is 1.43 Å². The maximum absolute atomic E-state index is 9.75. The molecule has 0 amide bonds. The smallest absolute Gasteiger partial charge is 1.00 e. The van der Waals surface area contributed by atoms with Crippen molar-refractivity contribution in [3.05, 3.63) is 16.3 Å². The van der Waals surface area contributed by atoms with Crippen LogP contribution in [0, 0.1) is 10.1 Å². The van der Waals surface area contributed by atoms with E-state index in [1.165, 1.54) is 0 Å². The maximum atomic E-state index is 9.75. The van der Waals surface area contributed by atoms with Crippen LogP contribution < -0.4 is 51.4 Å². The van der Waals surface area contributed by atoms with E-state index >= 15 is 0 Å². The quantitative estimate of drug-likeness (QED) is 0.263. The third-order valence-corrected chi connectivity index (χ3v) is 0.589. The average molecular weight is 154 g/mol. The molecule has 1 aromatic rings. The van der Waals surface area contributed by atoms with Gasteiger partial charge in [0.25, 0.3) is 0 Å². The van der Waals surface area contributed by atoms with Crippen molar-refractivity contribution in [3.8, 4) is 0 Å². The molecule has 0 bridgehead atoms. The molecule has 0 atom stereocenters. The van der Waals surface area contributed by atoms with Gasteiger partial charge < -0.3 is 11.5 Å². The Kier molecular flexibility index (Phi) is 4.15. The second-order valence-corrected chi connectivity index (χ2v) is 1.09. The summed E-state index contributed by atoms with van der Waals surface area (Å²) in [5.41, 5.74) is 0. The van der Waals surface area contributed by atoms with Gasteiger partial charge in [-0.25, -0.2) is 0 Å². The molecule has 0 aliphatic rings. The Balaban J connectivity index is 0. The van der Waals surface area contributed by atoms with Crippen molar-refractivity contribution in [3.63, 3.8) is 0 Å². The molecular weight excluding hydrogens is 151 g/mol. The zero-order valence-corrected chi connectivity index (χ0v) is 7.86. The van der Waals surface area contributed by atoms with Gasteiger partial charge in [0.05, 0.1) is 5.10 Å². The largest absolute Gasteiger partial charge is 1.00 e. The fourth-order valence-electron chi connectivity index (χ4n) is 0.284. The van der Waals surface area contributed by atoms with Crippen molar-refractivity contribution >= 4 is 5.82 Å². The van der Waals surface area contributed by atoms with Gasteiger partial charge >= 0.3 is 57.2 Å². The first-order chi connectivity index (χ1) is 3.80. The Bertz CT molecular complexity index is 189. The molecule has 1 N–H and O–H groups in total. The van der Waals surface area contributed by atoms with E-state index in [1.54, 1.807) is 0 Å². The van der Waals surface area contributed by atoms with E-state index in [0.717, 1.165) is 6.20 Å². The van der Waals surface area contributed by atoms with Gasteiger partial charge in [0.15, 0.2) is 6.20 Å². The van der Waals surface area contributed by atoms with E-state index in [-0.39, 0.29) is 58.6 Å². The molecule has 9 heavy (non-hydrogen) atoms. The van der Waals surface area contributed by atoms with Gasteiger partial charge in [-0.15, -0.1) is 10.3 Å². The molecule has 0 saturated carbocycles. The number of nitro groups is 1. The second-order valence-electron chi connectivity index (χ2n) is 1.09. The Labute approximate surface area is 94.1 Å². The van der Waals surface area contributed by atoms with Crippen LogP contribution in [0.15, 0.2) is 6.20 Å². The van der Waals surface area contributed by atoms with Gasteiger partial charge in [-0.2, -0.15) is 0 Å². The molecule has 0 spiro atoms. The Morgan fingerprint density at radius 3 is 2.78 bits per heavy atom. The first-order valence-electron chi connectivity index (χ1n) is 1.81. The van der Waals surface area contributed by atoms with Crippen molar-refractivity contribution < 1.29 is 57.7 Å². The van der Waals surface area contributed by atoms with Crippen molar-refractivity contribution in [2.75, 3.05) is 0 Å². The maximum Gasteiger partial charge on any atom is 1.00 e. The molecule has 0 aliphatic carbocycles. The van der Waals surface area contributed by atoms with Crippen LogP contribution in [-0.4, -0.2) is 20.3 Å². The summed E-state index contributed by atoms with van der Waals surface area (Å²) in [4.78, 5) is 9.12. The molecule has 7 heteroatoms. The fourth-order valence-corrected chi connectivity index (χ4v) is 0.284. The molecule has 0 radical (unpaired) electrons. The van der Waals surface area contributed by atoms with E-state index in [9.17, 15) is 10.1 Å². The van der Waals surface area contributed by atoms with Gasteiger partial charge in [0, 0.05) is 0 Å². The van der Waals surface area contributed by atoms with Crippen LogP contribution in [0.2, 0.25) is 0 Å². The van der Waals surface area contributed by atoms with Crippen LogP contribution in [-0.2, 0) is 0 Å². The minimum absolute atomic E-state index is 0. The minimum atomic E-state index is -0.622. The van der Waals surface area contributed by atoms with Gasteiger partial charge in [-0.05, 0) is 4.92 Å². The van der Waals surface area contributed by atoms with E-state index in [1.807, 2.05) is 0 Å².